The summed E-state index contributed by atoms with van der Waals surface area (Å²) in [5.41, 5.74) is 2.85. The van der Waals surface area contributed by atoms with Gasteiger partial charge in [0, 0.05) is 25.3 Å². The number of fused-ring (bicyclic) bond motifs is 1. The minimum atomic E-state index is -0.954. The Kier molecular flexibility index (Phi) is 5.30. The summed E-state index contributed by atoms with van der Waals surface area (Å²) in [5, 5.41) is 9.18. The van der Waals surface area contributed by atoms with E-state index >= 15 is 0 Å². The number of nitrogens with zero attached hydrogens (tertiary/aromatic N) is 1. The third kappa shape index (κ3) is 4.02. The number of carbonyl (C=O) groups is 2. The summed E-state index contributed by atoms with van der Waals surface area (Å²) in [4.78, 5) is 25.8. The molecule has 2 heterocycles. The molecule has 0 radical (unpaired) electrons. The fraction of sp³-hybridized carbons (Fsp3) is 0.364. The SMILES string of the molecule is O=C(O)c1ccc2c(c1)CN(C(=O)c1ccc(OCC3CCCO3)cc1)CC2. The van der Waals surface area contributed by atoms with Gasteiger partial charge in [0.05, 0.1) is 11.7 Å². The van der Waals surface area contributed by atoms with E-state index in [0.717, 1.165) is 42.7 Å². The maximum atomic E-state index is 12.9. The van der Waals surface area contributed by atoms with Gasteiger partial charge in [-0.3, -0.25) is 4.79 Å². The van der Waals surface area contributed by atoms with Crippen LogP contribution in [-0.2, 0) is 17.7 Å². The lowest BCUT2D eigenvalue weighted by Crippen LogP contribution is -2.36. The van der Waals surface area contributed by atoms with Gasteiger partial charge in [0.1, 0.15) is 12.4 Å². The molecule has 1 atom stereocenters. The third-order valence-electron chi connectivity index (χ3n) is 5.31. The van der Waals surface area contributed by atoms with Gasteiger partial charge in [0.15, 0.2) is 0 Å². The summed E-state index contributed by atoms with van der Waals surface area (Å²) in [6.45, 7) is 2.37. The lowest BCUT2D eigenvalue weighted by atomic mass is 9.97. The molecule has 1 saturated heterocycles. The van der Waals surface area contributed by atoms with Crippen molar-refractivity contribution in [1.29, 1.82) is 0 Å². The average molecular weight is 381 g/mol. The molecular formula is C22H23NO5. The molecule has 1 unspecified atom stereocenters. The van der Waals surface area contributed by atoms with E-state index in [1.54, 1.807) is 29.2 Å². The molecule has 2 aliphatic heterocycles. The molecule has 0 saturated carbocycles. The molecule has 1 fully saturated rings. The second kappa shape index (κ2) is 8.02. The molecule has 146 valence electrons. The fourth-order valence-corrected chi connectivity index (χ4v) is 3.70. The molecule has 4 rings (SSSR count). The van der Waals surface area contributed by atoms with Gasteiger partial charge in [0.25, 0.3) is 5.91 Å². The minimum absolute atomic E-state index is 0.0583. The average Bonchev–Trinajstić information content (AvgIpc) is 3.25. The van der Waals surface area contributed by atoms with Crippen LogP contribution in [0.3, 0.4) is 0 Å². The Morgan fingerprint density at radius 3 is 2.61 bits per heavy atom. The highest BCUT2D eigenvalue weighted by atomic mass is 16.5. The zero-order valence-electron chi connectivity index (χ0n) is 15.6. The molecule has 2 aromatic rings. The molecule has 0 spiro atoms. The lowest BCUT2D eigenvalue weighted by molar-refractivity contribution is 0.0678. The third-order valence-corrected chi connectivity index (χ3v) is 5.31. The van der Waals surface area contributed by atoms with E-state index < -0.39 is 5.97 Å². The highest BCUT2D eigenvalue weighted by molar-refractivity contribution is 5.94. The highest BCUT2D eigenvalue weighted by Crippen LogP contribution is 2.23. The van der Waals surface area contributed by atoms with Crippen LogP contribution in [0.4, 0.5) is 0 Å². The van der Waals surface area contributed by atoms with E-state index in [1.165, 1.54) is 0 Å². The van der Waals surface area contributed by atoms with Crippen LogP contribution in [0.1, 0.15) is 44.7 Å². The zero-order chi connectivity index (χ0) is 19.5. The molecule has 0 aliphatic carbocycles. The van der Waals surface area contributed by atoms with Crippen molar-refractivity contribution in [2.45, 2.75) is 31.9 Å². The van der Waals surface area contributed by atoms with Crippen molar-refractivity contribution >= 4 is 11.9 Å². The van der Waals surface area contributed by atoms with Crippen LogP contribution >= 0.6 is 0 Å². The van der Waals surface area contributed by atoms with Crippen LogP contribution in [-0.4, -0.2) is 47.7 Å². The zero-order valence-corrected chi connectivity index (χ0v) is 15.6. The van der Waals surface area contributed by atoms with Crippen molar-refractivity contribution < 1.29 is 24.2 Å². The predicted molar refractivity (Wildman–Crippen MR) is 103 cm³/mol. The first-order chi connectivity index (χ1) is 13.6. The number of carboxylic acids is 1. The van der Waals surface area contributed by atoms with E-state index in [9.17, 15) is 14.7 Å². The summed E-state index contributed by atoms with van der Waals surface area (Å²) in [7, 11) is 0. The second-order valence-corrected chi connectivity index (χ2v) is 7.24. The van der Waals surface area contributed by atoms with E-state index in [0.29, 0.717) is 25.3 Å². The van der Waals surface area contributed by atoms with Crippen LogP contribution in [0.15, 0.2) is 42.5 Å². The minimum Gasteiger partial charge on any atom is -0.491 e. The standard InChI is InChI=1S/C22H23NO5/c24-21(16-5-7-19(8-6-16)28-14-20-2-1-11-27-20)23-10-9-15-3-4-17(22(25)26)12-18(15)13-23/h3-8,12,20H,1-2,9-11,13-14H2,(H,25,26). The Labute approximate surface area is 163 Å². The largest absolute Gasteiger partial charge is 0.491 e. The highest BCUT2D eigenvalue weighted by Gasteiger charge is 2.23. The van der Waals surface area contributed by atoms with Gasteiger partial charge in [-0.25, -0.2) is 4.79 Å². The van der Waals surface area contributed by atoms with E-state index in [-0.39, 0.29) is 17.6 Å². The van der Waals surface area contributed by atoms with Crippen LogP contribution in [0.5, 0.6) is 5.75 Å². The summed E-state index contributed by atoms with van der Waals surface area (Å²) >= 11 is 0. The fourth-order valence-electron chi connectivity index (χ4n) is 3.70. The summed E-state index contributed by atoms with van der Waals surface area (Å²) in [5.74, 6) is -0.288. The van der Waals surface area contributed by atoms with Gasteiger partial charge >= 0.3 is 5.97 Å². The lowest BCUT2D eigenvalue weighted by Gasteiger charge is -2.29. The normalized spacial score (nSPS) is 18.6. The monoisotopic (exact) mass is 381 g/mol. The van der Waals surface area contributed by atoms with Gasteiger partial charge in [-0.1, -0.05) is 6.07 Å². The van der Waals surface area contributed by atoms with Crippen molar-refractivity contribution in [3.05, 3.63) is 64.7 Å². The van der Waals surface area contributed by atoms with Crippen molar-refractivity contribution in [1.82, 2.24) is 4.90 Å². The van der Waals surface area contributed by atoms with Crippen molar-refractivity contribution in [2.75, 3.05) is 19.8 Å². The van der Waals surface area contributed by atoms with Gasteiger partial charge in [-0.2, -0.15) is 0 Å². The number of rotatable bonds is 5. The summed E-state index contributed by atoms with van der Waals surface area (Å²) in [6.07, 6.45) is 2.99. The number of carboxylic acid groups (broad SMARTS) is 1. The number of aromatic carboxylic acids is 1. The molecule has 1 N–H and O–H groups in total. The van der Waals surface area contributed by atoms with E-state index in [4.69, 9.17) is 9.47 Å². The molecule has 1 amide bonds. The van der Waals surface area contributed by atoms with Gasteiger partial charge in [-0.05, 0) is 66.8 Å². The van der Waals surface area contributed by atoms with Gasteiger partial charge in [0.2, 0.25) is 0 Å². The number of benzene rings is 2. The van der Waals surface area contributed by atoms with Crippen LogP contribution in [0.2, 0.25) is 0 Å². The summed E-state index contributed by atoms with van der Waals surface area (Å²) < 4.78 is 11.3. The van der Waals surface area contributed by atoms with Crippen molar-refractivity contribution in [3.8, 4) is 5.75 Å². The number of amides is 1. The van der Waals surface area contributed by atoms with E-state index in [1.807, 2.05) is 18.2 Å². The Balaban J connectivity index is 1.40. The first kappa shape index (κ1) is 18.5. The Bertz CT molecular complexity index is 871. The first-order valence-corrected chi connectivity index (χ1v) is 9.59. The van der Waals surface area contributed by atoms with Crippen molar-refractivity contribution in [2.24, 2.45) is 0 Å². The number of carbonyl (C=O) groups excluding carboxylic acids is 1. The topological polar surface area (TPSA) is 76.1 Å². The molecule has 6 nitrogen and oxygen atoms in total. The quantitative estimate of drug-likeness (QED) is 0.861. The van der Waals surface area contributed by atoms with Crippen LogP contribution < -0.4 is 4.74 Å². The maximum Gasteiger partial charge on any atom is 0.335 e. The number of ether oxygens (including phenoxy) is 2. The molecule has 6 heteroatoms. The Morgan fingerprint density at radius 2 is 1.89 bits per heavy atom. The second-order valence-electron chi connectivity index (χ2n) is 7.24. The van der Waals surface area contributed by atoms with Crippen LogP contribution in [0.25, 0.3) is 0 Å². The number of hydrogen-bond acceptors (Lipinski definition) is 4. The molecule has 2 aromatic carbocycles. The molecule has 2 aliphatic rings. The Morgan fingerprint density at radius 1 is 1.11 bits per heavy atom. The Hall–Kier alpha value is -2.86. The predicted octanol–water partition coefficient (Wildman–Crippen LogP) is 3.14. The smallest absolute Gasteiger partial charge is 0.335 e. The van der Waals surface area contributed by atoms with Crippen LogP contribution in [0, 0.1) is 0 Å². The summed E-state index contributed by atoms with van der Waals surface area (Å²) in [6, 6.07) is 12.3. The van der Waals surface area contributed by atoms with Crippen molar-refractivity contribution in [3.63, 3.8) is 0 Å². The molecule has 0 bridgehead atoms. The molecule has 0 aromatic heterocycles. The molecular weight excluding hydrogens is 358 g/mol. The van der Waals surface area contributed by atoms with E-state index in [2.05, 4.69) is 0 Å². The maximum absolute atomic E-state index is 12.9. The molecule has 28 heavy (non-hydrogen) atoms. The van der Waals surface area contributed by atoms with Gasteiger partial charge in [-0.15, -0.1) is 0 Å². The number of hydrogen-bond donors (Lipinski definition) is 1. The van der Waals surface area contributed by atoms with Gasteiger partial charge < -0.3 is 19.5 Å². The first-order valence-electron chi connectivity index (χ1n) is 9.59.